The Kier molecular flexibility index (Phi) is 2.84. The zero-order valence-electron chi connectivity index (χ0n) is 9.76. The van der Waals surface area contributed by atoms with Gasteiger partial charge in [-0.15, -0.1) is 11.3 Å². The molecule has 0 N–H and O–H groups in total. The largest absolute Gasteiger partial charge is 0.298 e. The summed E-state index contributed by atoms with van der Waals surface area (Å²) in [5.74, 6) is -0.595. The van der Waals surface area contributed by atoms with Crippen LogP contribution in [-0.4, -0.2) is 11.6 Å². The molecular weight excluding hydrogens is 244 g/mol. The van der Waals surface area contributed by atoms with Crippen molar-refractivity contribution in [1.29, 1.82) is 0 Å². The predicted octanol–water partition coefficient (Wildman–Crippen LogP) is 3.23. The van der Waals surface area contributed by atoms with Crippen molar-refractivity contribution in [2.75, 3.05) is 0 Å². The molecule has 90 valence electrons. The number of rotatable bonds is 2. The van der Waals surface area contributed by atoms with E-state index in [1.54, 1.807) is 6.07 Å². The third kappa shape index (κ3) is 1.81. The Bertz CT molecular complexity index is 599. The summed E-state index contributed by atoms with van der Waals surface area (Å²) < 4.78 is 0. The molecular formula is C15H12O2S. The smallest absolute Gasteiger partial charge is 0.187 e. The molecule has 2 nitrogen and oxygen atoms in total. The number of aryl methyl sites for hydroxylation is 1. The fraction of sp³-hybridized carbons (Fsp3) is 0.200. The van der Waals surface area contributed by atoms with Gasteiger partial charge >= 0.3 is 0 Å². The first-order valence-electron chi connectivity index (χ1n) is 5.95. The Balaban J connectivity index is 2.06. The fourth-order valence-electron chi connectivity index (χ4n) is 2.47. The van der Waals surface area contributed by atoms with Crippen molar-refractivity contribution in [3.8, 4) is 0 Å². The Morgan fingerprint density at radius 2 is 1.94 bits per heavy atom. The third-order valence-electron chi connectivity index (χ3n) is 3.36. The van der Waals surface area contributed by atoms with E-state index in [4.69, 9.17) is 0 Å². The van der Waals surface area contributed by atoms with E-state index in [1.165, 1.54) is 11.3 Å². The highest BCUT2D eigenvalue weighted by Crippen LogP contribution is 2.32. The fourth-order valence-corrected chi connectivity index (χ4v) is 3.16. The summed E-state index contributed by atoms with van der Waals surface area (Å²) in [5.41, 5.74) is 2.03. The molecule has 1 aliphatic carbocycles. The highest BCUT2D eigenvalue weighted by atomic mass is 32.1. The molecule has 0 amide bonds. The van der Waals surface area contributed by atoms with Crippen LogP contribution in [0.4, 0.5) is 0 Å². The second-order valence-corrected chi connectivity index (χ2v) is 5.39. The number of carbonyl (C=O) groups is 2. The van der Waals surface area contributed by atoms with Gasteiger partial charge in [-0.05, 0) is 29.0 Å². The molecule has 0 saturated carbocycles. The van der Waals surface area contributed by atoms with Crippen LogP contribution in [0.3, 0.4) is 0 Å². The highest BCUT2D eigenvalue weighted by molar-refractivity contribution is 7.12. The van der Waals surface area contributed by atoms with Crippen LogP contribution in [0, 0.1) is 0 Å². The lowest BCUT2D eigenvalue weighted by Gasteiger charge is -2.22. The molecule has 0 fully saturated rings. The zero-order valence-corrected chi connectivity index (χ0v) is 10.6. The minimum absolute atomic E-state index is 0.0482. The third-order valence-corrected chi connectivity index (χ3v) is 4.24. The van der Waals surface area contributed by atoms with Crippen molar-refractivity contribution in [2.24, 2.45) is 0 Å². The first-order chi connectivity index (χ1) is 8.77. The van der Waals surface area contributed by atoms with E-state index >= 15 is 0 Å². The molecule has 1 unspecified atom stereocenters. The van der Waals surface area contributed by atoms with Gasteiger partial charge in [0.1, 0.15) is 11.7 Å². The molecule has 1 aliphatic rings. The molecule has 1 aromatic heterocycles. The summed E-state index contributed by atoms with van der Waals surface area (Å²) in [6.07, 6.45) is 1.22. The number of carbonyl (C=O) groups excluding carboxylic acids is 2. The minimum Gasteiger partial charge on any atom is -0.298 e. The average molecular weight is 256 g/mol. The first kappa shape index (κ1) is 11.4. The van der Waals surface area contributed by atoms with Gasteiger partial charge < -0.3 is 0 Å². The summed E-state index contributed by atoms with van der Waals surface area (Å²) >= 11 is 1.40. The van der Waals surface area contributed by atoms with Crippen molar-refractivity contribution < 1.29 is 9.59 Å². The van der Waals surface area contributed by atoms with Crippen LogP contribution >= 0.6 is 11.3 Å². The van der Waals surface area contributed by atoms with E-state index < -0.39 is 5.92 Å². The molecule has 3 rings (SSSR count). The van der Waals surface area contributed by atoms with E-state index in [2.05, 4.69) is 0 Å². The monoisotopic (exact) mass is 256 g/mol. The van der Waals surface area contributed by atoms with Gasteiger partial charge in [0.2, 0.25) is 0 Å². The van der Waals surface area contributed by atoms with Crippen molar-refractivity contribution in [1.82, 2.24) is 0 Å². The highest BCUT2D eigenvalue weighted by Gasteiger charge is 2.33. The van der Waals surface area contributed by atoms with E-state index in [9.17, 15) is 9.59 Å². The number of benzene rings is 1. The summed E-state index contributed by atoms with van der Waals surface area (Å²) in [6, 6.07) is 11.4. The lowest BCUT2D eigenvalue weighted by molar-refractivity contribution is -0.119. The van der Waals surface area contributed by atoms with Gasteiger partial charge in [-0.25, -0.2) is 0 Å². The molecule has 0 aliphatic heterocycles. The predicted molar refractivity (Wildman–Crippen MR) is 71.2 cm³/mol. The molecule has 0 bridgehead atoms. The normalized spacial score (nSPS) is 18.4. The number of hydrogen-bond acceptors (Lipinski definition) is 3. The van der Waals surface area contributed by atoms with Crippen LogP contribution < -0.4 is 0 Å². The van der Waals surface area contributed by atoms with Crippen molar-refractivity contribution in [3.63, 3.8) is 0 Å². The van der Waals surface area contributed by atoms with E-state index in [-0.39, 0.29) is 11.6 Å². The zero-order chi connectivity index (χ0) is 12.5. The maximum Gasteiger partial charge on any atom is 0.187 e. The maximum atomic E-state index is 12.4. The van der Waals surface area contributed by atoms with Gasteiger partial charge in [0.05, 0.1) is 4.88 Å². The van der Waals surface area contributed by atoms with Gasteiger partial charge in [-0.1, -0.05) is 30.3 Å². The van der Waals surface area contributed by atoms with E-state index in [0.29, 0.717) is 11.3 Å². The van der Waals surface area contributed by atoms with Crippen LogP contribution in [-0.2, 0) is 11.2 Å². The van der Waals surface area contributed by atoms with E-state index in [1.807, 2.05) is 35.7 Å². The van der Waals surface area contributed by atoms with Crippen LogP contribution in [0.2, 0.25) is 0 Å². The lowest BCUT2D eigenvalue weighted by atomic mass is 9.79. The molecule has 0 saturated heterocycles. The SMILES string of the molecule is O=C1CCc2ccccc2C1C(=O)c1cccs1. The first-order valence-corrected chi connectivity index (χ1v) is 6.83. The lowest BCUT2D eigenvalue weighted by Crippen LogP contribution is -2.27. The molecule has 1 aromatic carbocycles. The quantitative estimate of drug-likeness (QED) is 0.610. The minimum atomic E-state index is -0.589. The van der Waals surface area contributed by atoms with Gasteiger partial charge in [-0.3, -0.25) is 9.59 Å². The Hall–Kier alpha value is -1.74. The number of fused-ring (bicyclic) bond motifs is 1. The number of thiophene rings is 1. The second kappa shape index (κ2) is 4.50. The molecule has 0 spiro atoms. The summed E-state index contributed by atoms with van der Waals surface area (Å²) in [5, 5.41) is 1.87. The van der Waals surface area contributed by atoms with Crippen LogP contribution in [0.5, 0.6) is 0 Å². The number of Topliss-reactive ketones (excluding diaryl/α,β-unsaturated/α-hetero) is 2. The number of hydrogen-bond donors (Lipinski definition) is 0. The van der Waals surface area contributed by atoms with Crippen molar-refractivity contribution in [2.45, 2.75) is 18.8 Å². The van der Waals surface area contributed by atoms with Gasteiger partial charge in [0, 0.05) is 6.42 Å². The van der Waals surface area contributed by atoms with Crippen LogP contribution in [0.1, 0.15) is 33.1 Å². The van der Waals surface area contributed by atoms with E-state index in [0.717, 1.165) is 17.5 Å². The second-order valence-electron chi connectivity index (χ2n) is 4.44. The van der Waals surface area contributed by atoms with Gasteiger partial charge in [0.15, 0.2) is 5.78 Å². The van der Waals surface area contributed by atoms with Crippen molar-refractivity contribution in [3.05, 3.63) is 57.8 Å². The molecule has 0 radical (unpaired) electrons. The van der Waals surface area contributed by atoms with Gasteiger partial charge in [-0.2, -0.15) is 0 Å². The Labute approximate surface area is 109 Å². The molecule has 2 aromatic rings. The van der Waals surface area contributed by atoms with Gasteiger partial charge in [0.25, 0.3) is 0 Å². The molecule has 1 atom stereocenters. The summed E-state index contributed by atoms with van der Waals surface area (Å²) in [6.45, 7) is 0. The van der Waals surface area contributed by atoms with Crippen molar-refractivity contribution >= 4 is 22.9 Å². The Morgan fingerprint density at radius 3 is 2.72 bits per heavy atom. The topological polar surface area (TPSA) is 34.1 Å². The molecule has 18 heavy (non-hydrogen) atoms. The molecule has 1 heterocycles. The summed E-state index contributed by atoms with van der Waals surface area (Å²) in [4.78, 5) is 25.2. The maximum absolute atomic E-state index is 12.4. The van der Waals surface area contributed by atoms with Crippen LogP contribution in [0.25, 0.3) is 0 Å². The van der Waals surface area contributed by atoms with Crippen LogP contribution in [0.15, 0.2) is 41.8 Å². The average Bonchev–Trinajstić information content (AvgIpc) is 2.92. The number of ketones is 2. The molecule has 3 heteroatoms. The standard InChI is InChI=1S/C15H12O2S/c16-12-8-7-10-4-1-2-5-11(10)14(12)15(17)13-6-3-9-18-13/h1-6,9,14H,7-8H2. The Morgan fingerprint density at radius 1 is 1.11 bits per heavy atom. The summed E-state index contributed by atoms with van der Waals surface area (Å²) in [7, 11) is 0.